The van der Waals surface area contributed by atoms with E-state index < -0.39 is 21.7 Å². The van der Waals surface area contributed by atoms with E-state index in [2.05, 4.69) is 10.4 Å². The Kier molecular flexibility index (Phi) is 5.35. The molecular formula is C18H18N4O5S2. The molecule has 0 unspecified atom stereocenters. The lowest BCUT2D eigenvalue weighted by atomic mass is 10.3. The van der Waals surface area contributed by atoms with Gasteiger partial charge in [0.1, 0.15) is 6.54 Å². The molecule has 152 valence electrons. The molecule has 1 fully saturated rings. The van der Waals surface area contributed by atoms with Gasteiger partial charge in [0.25, 0.3) is 5.89 Å². The van der Waals surface area contributed by atoms with E-state index in [1.54, 1.807) is 12.1 Å². The van der Waals surface area contributed by atoms with Crippen LogP contribution in [0.15, 0.2) is 55.9 Å². The quantitative estimate of drug-likeness (QED) is 0.635. The summed E-state index contributed by atoms with van der Waals surface area (Å²) >= 11 is 1.37. The van der Waals surface area contributed by atoms with E-state index in [4.69, 9.17) is 4.42 Å². The van der Waals surface area contributed by atoms with Crippen molar-refractivity contribution in [3.05, 3.63) is 52.3 Å². The Balaban J connectivity index is 1.42. The molecule has 0 radical (unpaired) electrons. The van der Waals surface area contributed by atoms with Crippen molar-refractivity contribution < 1.29 is 17.6 Å². The molecule has 1 aromatic carbocycles. The minimum Gasteiger partial charge on any atom is -0.387 e. The van der Waals surface area contributed by atoms with Gasteiger partial charge in [0.15, 0.2) is 0 Å². The zero-order valence-electron chi connectivity index (χ0n) is 15.3. The van der Waals surface area contributed by atoms with Crippen LogP contribution in [0.4, 0.5) is 5.69 Å². The first-order chi connectivity index (χ1) is 13.9. The summed E-state index contributed by atoms with van der Waals surface area (Å²) in [6.07, 6.45) is 1.73. The molecule has 1 amide bonds. The van der Waals surface area contributed by atoms with Crippen molar-refractivity contribution in [2.45, 2.75) is 24.3 Å². The fourth-order valence-electron chi connectivity index (χ4n) is 3.03. The summed E-state index contributed by atoms with van der Waals surface area (Å²) < 4.78 is 32.5. The van der Waals surface area contributed by atoms with Crippen LogP contribution < -0.4 is 11.1 Å². The molecule has 3 aromatic rings. The van der Waals surface area contributed by atoms with Gasteiger partial charge in [0.05, 0.1) is 9.77 Å². The van der Waals surface area contributed by atoms with Gasteiger partial charge in [0, 0.05) is 18.8 Å². The first-order valence-electron chi connectivity index (χ1n) is 8.95. The number of nitrogens with one attached hydrogen (secondary N) is 1. The van der Waals surface area contributed by atoms with Gasteiger partial charge in [-0.3, -0.25) is 4.79 Å². The molecule has 1 aliphatic rings. The molecule has 4 rings (SSSR count). The van der Waals surface area contributed by atoms with Gasteiger partial charge in [-0.2, -0.15) is 8.99 Å². The fraction of sp³-hybridized carbons (Fsp3) is 0.278. The van der Waals surface area contributed by atoms with E-state index in [0.717, 1.165) is 17.5 Å². The Labute approximate surface area is 170 Å². The molecule has 1 aliphatic heterocycles. The number of rotatable bonds is 6. The summed E-state index contributed by atoms with van der Waals surface area (Å²) in [7, 11) is -3.50. The lowest BCUT2D eigenvalue weighted by Gasteiger charge is -2.15. The number of thiophene rings is 1. The first-order valence-corrected chi connectivity index (χ1v) is 11.3. The SMILES string of the molecule is O=C(Cn1nc(-c2cccs2)oc1=O)Nc1ccc(S(=O)(=O)N2CCCC2)cc1. The predicted octanol–water partition coefficient (Wildman–Crippen LogP) is 1.99. The van der Waals surface area contributed by atoms with Gasteiger partial charge in [-0.15, -0.1) is 16.4 Å². The van der Waals surface area contributed by atoms with Crippen molar-refractivity contribution >= 4 is 33.0 Å². The summed E-state index contributed by atoms with van der Waals surface area (Å²) in [5.41, 5.74) is 0.422. The maximum Gasteiger partial charge on any atom is 0.437 e. The molecule has 29 heavy (non-hydrogen) atoms. The smallest absolute Gasteiger partial charge is 0.387 e. The second kappa shape index (κ2) is 7.93. The van der Waals surface area contributed by atoms with Crippen LogP contribution in [0, 0.1) is 0 Å². The molecule has 0 spiro atoms. The van der Waals surface area contributed by atoms with Gasteiger partial charge in [-0.05, 0) is 48.6 Å². The van der Waals surface area contributed by atoms with Gasteiger partial charge < -0.3 is 9.73 Å². The minimum atomic E-state index is -3.50. The molecule has 0 atom stereocenters. The zero-order valence-corrected chi connectivity index (χ0v) is 16.9. The van der Waals surface area contributed by atoms with Crippen LogP contribution in [0.1, 0.15) is 12.8 Å². The van der Waals surface area contributed by atoms with Crippen molar-refractivity contribution in [2.75, 3.05) is 18.4 Å². The molecule has 0 bridgehead atoms. The molecule has 1 N–H and O–H groups in total. The average molecular weight is 434 g/mol. The van der Waals surface area contributed by atoms with E-state index in [1.807, 2.05) is 5.38 Å². The molecule has 0 saturated carbocycles. The van der Waals surface area contributed by atoms with Crippen LogP contribution in [0.25, 0.3) is 10.8 Å². The maximum absolute atomic E-state index is 12.5. The van der Waals surface area contributed by atoms with E-state index >= 15 is 0 Å². The minimum absolute atomic E-state index is 0.161. The summed E-state index contributed by atoms with van der Waals surface area (Å²) in [6.45, 7) is 0.739. The summed E-state index contributed by atoms with van der Waals surface area (Å²) in [6, 6.07) is 9.52. The highest BCUT2D eigenvalue weighted by molar-refractivity contribution is 7.89. The molecular weight excluding hydrogens is 416 g/mol. The lowest BCUT2D eigenvalue weighted by molar-refractivity contribution is -0.117. The average Bonchev–Trinajstić information content (AvgIpc) is 3.45. The fourth-order valence-corrected chi connectivity index (χ4v) is 5.19. The standard InChI is InChI=1S/C18H18N4O5S2/c23-16(12-22-18(24)27-17(20-22)15-4-3-11-28-15)19-13-5-7-14(8-6-13)29(25,26)21-9-1-2-10-21/h3-8,11H,1-2,9-10,12H2,(H,19,23). The van der Waals surface area contributed by atoms with Crippen LogP contribution in [0.2, 0.25) is 0 Å². The second-order valence-electron chi connectivity index (χ2n) is 6.49. The number of carbonyl (C=O) groups is 1. The molecule has 1 saturated heterocycles. The summed E-state index contributed by atoms with van der Waals surface area (Å²) in [4.78, 5) is 25.0. The Hall–Kier alpha value is -2.76. The van der Waals surface area contributed by atoms with Crippen LogP contribution >= 0.6 is 11.3 Å². The number of hydrogen-bond acceptors (Lipinski definition) is 7. The number of hydrogen-bond donors (Lipinski definition) is 1. The number of amides is 1. The molecule has 9 nitrogen and oxygen atoms in total. The summed E-state index contributed by atoms with van der Waals surface area (Å²) in [5, 5.41) is 8.48. The Morgan fingerprint density at radius 1 is 1.17 bits per heavy atom. The molecule has 0 aliphatic carbocycles. The normalized spacial score (nSPS) is 14.9. The van der Waals surface area contributed by atoms with Gasteiger partial charge in [-0.1, -0.05) is 6.07 Å². The Morgan fingerprint density at radius 3 is 2.55 bits per heavy atom. The molecule has 11 heteroatoms. The van der Waals surface area contributed by atoms with Crippen LogP contribution in [-0.4, -0.2) is 41.5 Å². The highest BCUT2D eigenvalue weighted by Gasteiger charge is 2.27. The van der Waals surface area contributed by atoms with E-state index in [0.29, 0.717) is 23.7 Å². The lowest BCUT2D eigenvalue weighted by Crippen LogP contribution is -2.28. The Bertz CT molecular complexity index is 1160. The van der Waals surface area contributed by atoms with Gasteiger partial charge in [0.2, 0.25) is 15.9 Å². The van der Waals surface area contributed by atoms with Crippen molar-refractivity contribution in [1.29, 1.82) is 0 Å². The Morgan fingerprint density at radius 2 is 1.90 bits per heavy atom. The van der Waals surface area contributed by atoms with Crippen molar-refractivity contribution in [3.8, 4) is 10.8 Å². The number of sulfonamides is 1. The number of anilines is 1. The third-order valence-corrected chi connectivity index (χ3v) is 7.24. The van der Waals surface area contributed by atoms with E-state index in [9.17, 15) is 18.0 Å². The monoisotopic (exact) mass is 434 g/mol. The number of benzene rings is 1. The molecule has 2 aromatic heterocycles. The van der Waals surface area contributed by atoms with Crippen LogP contribution in [0.3, 0.4) is 0 Å². The number of nitrogens with zero attached hydrogens (tertiary/aromatic N) is 3. The highest BCUT2D eigenvalue weighted by atomic mass is 32.2. The maximum atomic E-state index is 12.5. The van der Waals surface area contributed by atoms with Gasteiger partial charge >= 0.3 is 5.76 Å². The predicted molar refractivity (Wildman–Crippen MR) is 107 cm³/mol. The summed E-state index contributed by atoms with van der Waals surface area (Å²) in [5.74, 6) is -1.04. The van der Waals surface area contributed by atoms with Crippen LogP contribution in [-0.2, 0) is 21.4 Å². The van der Waals surface area contributed by atoms with Crippen molar-refractivity contribution in [2.24, 2.45) is 0 Å². The van der Waals surface area contributed by atoms with Crippen molar-refractivity contribution in [1.82, 2.24) is 14.1 Å². The zero-order chi connectivity index (χ0) is 20.4. The van der Waals surface area contributed by atoms with Crippen LogP contribution in [0.5, 0.6) is 0 Å². The second-order valence-corrected chi connectivity index (χ2v) is 9.38. The van der Waals surface area contributed by atoms with Gasteiger partial charge in [-0.25, -0.2) is 13.2 Å². The number of aromatic nitrogens is 2. The third-order valence-electron chi connectivity index (χ3n) is 4.47. The van der Waals surface area contributed by atoms with Crippen molar-refractivity contribution in [3.63, 3.8) is 0 Å². The highest BCUT2D eigenvalue weighted by Crippen LogP contribution is 2.23. The first kappa shape index (κ1) is 19.6. The largest absolute Gasteiger partial charge is 0.437 e. The third kappa shape index (κ3) is 4.16. The molecule has 3 heterocycles. The number of carbonyl (C=O) groups excluding carboxylic acids is 1. The van der Waals surface area contributed by atoms with E-state index in [1.165, 1.54) is 39.9 Å². The van der Waals surface area contributed by atoms with E-state index in [-0.39, 0.29) is 17.3 Å². The topological polar surface area (TPSA) is 115 Å².